The molecule has 1 amide bonds. The Balaban J connectivity index is 1.39. The SMILES string of the molecule is CCCC(CCC)c1ccc(N(Cc2ccc(-c3csc(CN(CC(=O)O)CC(=O)Nc4ccc(C(C)C)cc4)n3)cc2)CC(C)C)cc1. The van der Waals surface area contributed by atoms with E-state index in [-0.39, 0.29) is 25.5 Å². The number of rotatable bonds is 19. The van der Waals surface area contributed by atoms with E-state index in [1.807, 2.05) is 29.6 Å². The van der Waals surface area contributed by atoms with Crippen molar-refractivity contribution < 1.29 is 14.7 Å². The highest BCUT2D eigenvalue weighted by Crippen LogP contribution is 2.30. The van der Waals surface area contributed by atoms with Crippen molar-refractivity contribution in [3.63, 3.8) is 0 Å². The van der Waals surface area contributed by atoms with Gasteiger partial charge in [0.15, 0.2) is 0 Å². The third-order valence-corrected chi connectivity index (χ3v) is 9.54. The van der Waals surface area contributed by atoms with Crippen molar-refractivity contribution in [3.05, 3.63) is 99.9 Å². The normalized spacial score (nSPS) is 11.6. The number of carboxylic acid groups (broad SMARTS) is 1. The van der Waals surface area contributed by atoms with Gasteiger partial charge in [0.05, 0.1) is 25.3 Å². The molecular formula is C41H54N4O3S. The van der Waals surface area contributed by atoms with E-state index in [9.17, 15) is 14.7 Å². The highest BCUT2D eigenvalue weighted by Gasteiger charge is 2.18. The van der Waals surface area contributed by atoms with Gasteiger partial charge in [0, 0.05) is 35.4 Å². The van der Waals surface area contributed by atoms with Gasteiger partial charge in [-0.15, -0.1) is 11.3 Å². The van der Waals surface area contributed by atoms with Gasteiger partial charge < -0.3 is 15.3 Å². The van der Waals surface area contributed by atoms with Gasteiger partial charge >= 0.3 is 5.97 Å². The fourth-order valence-corrected chi connectivity index (χ4v) is 7.10. The van der Waals surface area contributed by atoms with Crippen LogP contribution in [0.4, 0.5) is 11.4 Å². The second-order valence-corrected chi connectivity index (χ2v) is 14.8. The van der Waals surface area contributed by atoms with Gasteiger partial charge in [-0.05, 0) is 71.6 Å². The smallest absolute Gasteiger partial charge is 0.317 e. The monoisotopic (exact) mass is 682 g/mol. The molecule has 3 aromatic carbocycles. The predicted octanol–water partition coefficient (Wildman–Crippen LogP) is 9.81. The number of carbonyl (C=O) groups excluding carboxylic acids is 1. The third-order valence-electron chi connectivity index (χ3n) is 8.71. The average Bonchev–Trinajstić information content (AvgIpc) is 3.53. The molecule has 0 aliphatic rings. The molecule has 0 saturated heterocycles. The summed E-state index contributed by atoms with van der Waals surface area (Å²) >= 11 is 1.48. The molecule has 0 aliphatic heterocycles. The average molecular weight is 683 g/mol. The van der Waals surface area contributed by atoms with Crippen LogP contribution < -0.4 is 10.2 Å². The summed E-state index contributed by atoms with van der Waals surface area (Å²) in [4.78, 5) is 33.3. The Bertz CT molecular complexity index is 1590. The Kier molecular flexibility index (Phi) is 14.4. The Morgan fingerprint density at radius 1 is 0.816 bits per heavy atom. The van der Waals surface area contributed by atoms with Crippen LogP contribution in [0.1, 0.15) is 101 Å². The fourth-order valence-electron chi connectivity index (χ4n) is 6.26. The van der Waals surface area contributed by atoms with Crippen LogP contribution in [-0.4, -0.2) is 46.5 Å². The first kappa shape index (κ1) is 37.8. The van der Waals surface area contributed by atoms with Crippen LogP contribution in [0, 0.1) is 5.92 Å². The molecule has 1 heterocycles. The summed E-state index contributed by atoms with van der Waals surface area (Å²) in [6.45, 7) is 15.1. The quantitative estimate of drug-likeness (QED) is 0.102. The first-order valence-electron chi connectivity index (χ1n) is 17.8. The summed E-state index contributed by atoms with van der Waals surface area (Å²) < 4.78 is 0. The number of carboxylic acids is 1. The lowest BCUT2D eigenvalue weighted by molar-refractivity contribution is -0.138. The van der Waals surface area contributed by atoms with E-state index in [1.54, 1.807) is 4.90 Å². The van der Waals surface area contributed by atoms with Crippen LogP contribution in [0.2, 0.25) is 0 Å². The van der Waals surface area contributed by atoms with E-state index >= 15 is 0 Å². The largest absolute Gasteiger partial charge is 0.480 e. The van der Waals surface area contributed by atoms with Gasteiger partial charge in [0.1, 0.15) is 5.01 Å². The summed E-state index contributed by atoms with van der Waals surface area (Å²) in [7, 11) is 0. The van der Waals surface area contributed by atoms with E-state index in [2.05, 4.69) is 100 Å². The highest BCUT2D eigenvalue weighted by atomic mass is 32.1. The zero-order valence-electron chi connectivity index (χ0n) is 30.1. The number of aliphatic carboxylic acids is 1. The number of thiazole rings is 1. The number of aromatic nitrogens is 1. The fraction of sp³-hybridized carbons (Fsp3) is 0.439. The molecule has 0 spiro atoms. The van der Waals surface area contributed by atoms with Crippen LogP contribution in [0.3, 0.4) is 0 Å². The first-order valence-corrected chi connectivity index (χ1v) is 18.6. The standard InChI is InChI=1S/C41H54N4O3S/c1-7-9-33(10-8-2)34-17-21-37(22-18-34)45(23-29(3)4)24-31-11-13-35(14-12-31)38-28-49-40(43-38)26-44(27-41(47)48)25-39(46)42-36-19-15-32(16-20-36)30(5)6/h11-22,28-30,33H,7-10,23-27H2,1-6H3,(H,42,46)(H,47,48). The lowest BCUT2D eigenvalue weighted by Crippen LogP contribution is -2.36. The minimum Gasteiger partial charge on any atom is -0.480 e. The van der Waals surface area contributed by atoms with Crippen molar-refractivity contribution in [2.45, 2.75) is 92.2 Å². The molecule has 1 aromatic heterocycles. The van der Waals surface area contributed by atoms with Crippen LogP contribution in [0.25, 0.3) is 11.3 Å². The molecule has 7 nitrogen and oxygen atoms in total. The minimum absolute atomic E-state index is 0.0461. The molecular weight excluding hydrogens is 629 g/mol. The summed E-state index contributed by atoms with van der Waals surface area (Å²) in [6, 6.07) is 25.6. The van der Waals surface area contributed by atoms with E-state index in [0.717, 1.165) is 29.4 Å². The zero-order chi connectivity index (χ0) is 35.3. The molecule has 2 N–H and O–H groups in total. The second-order valence-electron chi connectivity index (χ2n) is 13.8. The maximum atomic E-state index is 12.8. The van der Waals surface area contributed by atoms with Crippen molar-refractivity contribution in [1.29, 1.82) is 0 Å². The lowest BCUT2D eigenvalue weighted by atomic mass is 9.90. The van der Waals surface area contributed by atoms with E-state index in [1.165, 1.54) is 59.4 Å². The second kappa shape index (κ2) is 18.7. The molecule has 4 aromatic rings. The molecule has 0 aliphatic carbocycles. The Hall–Kier alpha value is -4.01. The van der Waals surface area contributed by atoms with Crippen LogP contribution in [0.5, 0.6) is 0 Å². The van der Waals surface area contributed by atoms with Crippen molar-refractivity contribution in [3.8, 4) is 11.3 Å². The molecule has 262 valence electrons. The molecule has 0 radical (unpaired) electrons. The Morgan fingerprint density at radius 3 is 2.02 bits per heavy atom. The number of hydrogen-bond donors (Lipinski definition) is 2. The van der Waals surface area contributed by atoms with E-state index < -0.39 is 5.97 Å². The lowest BCUT2D eigenvalue weighted by Gasteiger charge is -2.28. The van der Waals surface area contributed by atoms with Gasteiger partial charge in [-0.1, -0.05) is 103 Å². The van der Waals surface area contributed by atoms with E-state index in [4.69, 9.17) is 4.98 Å². The number of benzene rings is 3. The van der Waals surface area contributed by atoms with Crippen LogP contribution in [0.15, 0.2) is 78.2 Å². The molecule has 0 fully saturated rings. The maximum absolute atomic E-state index is 12.8. The number of amides is 1. The van der Waals surface area contributed by atoms with Gasteiger partial charge in [0.25, 0.3) is 0 Å². The topological polar surface area (TPSA) is 85.8 Å². The summed E-state index contributed by atoms with van der Waals surface area (Å²) in [6.07, 6.45) is 4.89. The summed E-state index contributed by atoms with van der Waals surface area (Å²) in [5, 5.41) is 15.2. The van der Waals surface area contributed by atoms with Gasteiger partial charge in [-0.25, -0.2) is 4.98 Å². The first-order chi connectivity index (χ1) is 23.5. The third kappa shape index (κ3) is 11.8. The Morgan fingerprint density at radius 2 is 1.45 bits per heavy atom. The van der Waals surface area contributed by atoms with Crippen LogP contribution >= 0.6 is 11.3 Å². The minimum atomic E-state index is -0.985. The van der Waals surface area contributed by atoms with Gasteiger partial charge in [0.2, 0.25) is 5.91 Å². The zero-order valence-corrected chi connectivity index (χ0v) is 30.9. The number of carbonyl (C=O) groups is 2. The molecule has 4 rings (SSSR count). The summed E-state index contributed by atoms with van der Waals surface area (Å²) in [5.74, 6) is 0.327. The summed E-state index contributed by atoms with van der Waals surface area (Å²) in [5.41, 5.74) is 7.67. The molecule has 0 bridgehead atoms. The molecule has 0 saturated carbocycles. The van der Waals surface area contributed by atoms with Crippen molar-refractivity contribution in [1.82, 2.24) is 9.88 Å². The molecule has 0 atom stereocenters. The number of nitrogens with one attached hydrogen (secondary N) is 1. The van der Waals surface area contributed by atoms with Crippen molar-refractivity contribution >= 4 is 34.6 Å². The van der Waals surface area contributed by atoms with Crippen molar-refractivity contribution in [2.24, 2.45) is 5.92 Å². The van der Waals surface area contributed by atoms with E-state index in [0.29, 0.717) is 23.4 Å². The predicted molar refractivity (Wildman–Crippen MR) is 205 cm³/mol. The number of hydrogen-bond acceptors (Lipinski definition) is 6. The van der Waals surface area contributed by atoms with Gasteiger partial charge in [-0.3, -0.25) is 14.5 Å². The van der Waals surface area contributed by atoms with Gasteiger partial charge in [-0.2, -0.15) is 0 Å². The molecule has 8 heteroatoms. The molecule has 49 heavy (non-hydrogen) atoms. The maximum Gasteiger partial charge on any atom is 0.317 e. The van der Waals surface area contributed by atoms with Crippen LogP contribution in [-0.2, 0) is 22.7 Å². The number of nitrogens with zero attached hydrogens (tertiary/aromatic N) is 3. The molecule has 0 unspecified atom stereocenters. The van der Waals surface area contributed by atoms with Crippen molar-refractivity contribution in [2.75, 3.05) is 29.9 Å². The highest BCUT2D eigenvalue weighted by molar-refractivity contribution is 7.09. The number of anilines is 2. The Labute approximate surface area is 297 Å².